The molecule has 0 spiro atoms. The highest BCUT2D eigenvalue weighted by atomic mass is 19.1. The lowest BCUT2D eigenvalue weighted by molar-refractivity contribution is -0.122. The molecule has 1 aliphatic heterocycles. The summed E-state index contributed by atoms with van der Waals surface area (Å²) in [6.07, 6.45) is 1.49. The monoisotopic (exact) mass is 371 g/mol. The van der Waals surface area contributed by atoms with Crippen molar-refractivity contribution < 1.29 is 18.4 Å². The molecule has 2 amide bonds. The zero-order valence-corrected chi connectivity index (χ0v) is 14.0. The van der Waals surface area contributed by atoms with Gasteiger partial charge in [-0.3, -0.25) is 9.69 Å². The molecule has 9 nitrogen and oxygen atoms in total. The highest BCUT2D eigenvalue weighted by Gasteiger charge is 2.33. The van der Waals surface area contributed by atoms with Crippen LogP contribution in [0.3, 0.4) is 0 Å². The van der Waals surface area contributed by atoms with Gasteiger partial charge in [-0.15, -0.1) is 0 Å². The minimum atomic E-state index is -0.701. The Bertz CT molecular complexity index is 1050. The number of carbonyl (C=O) groups is 2. The molecule has 138 valence electrons. The number of nitrogens with zero attached hydrogens (tertiary/aromatic N) is 4. The number of aromatic nitrogens is 3. The summed E-state index contributed by atoms with van der Waals surface area (Å²) in [5.41, 5.74) is -0.248. The fourth-order valence-electron chi connectivity index (χ4n) is 2.79. The Labute approximate surface area is 151 Å². The number of furan rings is 1. The molecule has 1 N–H and O–H groups in total. The average Bonchev–Trinajstić information content (AvgIpc) is 3.34. The first kappa shape index (κ1) is 16.8. The Morgan fingerprint density at radius 1 is 1.22 bits per heavy atom. The fraction of sp³-hybridized carbons (Fsp3) is 0.176. The molecule has 3 aromatic rings. The van der Waals surface area contributed by atoms with Gasteiger partial charge in [0.2, 0.25) is 5.91 Å². The highest BCUT2D eigenvalue weighted by Crippen LogP contribution is 2.22. The first-order valence-corrected chi connectivity index (χ1v) is 8.08. The van der Waals surface area contributed by atoms with Crippen LogP contribution in [0.25, 0.3) is 0 Å². The van der Waals surface area contributed by atoms with Gasteiger partial charge < -0.3 is 9.73 Å². The molecule has 0 fully saturated rings. The van der Waals surface area contributed by atoms with Crippen LogP contribution in [0.1, 0.15) is 11.6 Å². The van der Waals surface area contributed by atoms with Crippen molar-refractivity contribution >= 4 is 17.6 Å². The highest BCUT2D eigenvalue weighted by molar-refractivity contribution is 5.96. The Morgan fingerprint density at radius 3 is 2.67 bits per heavy atom. The molecular formula is C17H14FN5O4. The number of carbonyl (C=O) groups excluding carboxylic acids is 2. The van der Waals surface area contributed by atoms with Crippen LogP contribution in [0.5, 0.6) is 0 Å². The number of amides is 2. The van der Waals surface area contributed by atoms with E-state index in [0.717, 1.165) is 9.25 Å². The van der Waals surface area contributed by atoms with Gasteiger partial charge in [0.25, 0.3) is 0 Å². The number of halogens is 1. The first-order chi connectivity index (χ1) is 13.0. The number of rotatable bonds is 5. The standard InChI is InChI=1S/C17H14FN5O4/c18-11-3-5-12(6-4-11)21-9-14-20-22(17(26)23(14)16(21)25)10-15(24)19-8-13-2-1-7-27-13/h1-7H,8-10H2,(H,19,24). The van der Waals surface area contributed by atoms with Crippen molar-refractivity contribution in [3.05, 3.63) is 70.5 Å². The normalized spacial score (nSPS) is 13.1. The molecule has 3 heterocycles. The molecule has 27 heavy (non-hydrogen) atoms. The second kappa shape index (κ2) is 6.56. The van der Waals surface area contributed by atoms with Gasteiger partial charge in [0.15, 0.2) is 5.82 Å². The molecule has 0 aliphatic carbocycles. The Hall–Kier alpha value is -3.69. The molecule has 10 heteroatoms. The number of hydrogen-bond donors (Lipinski definition) is 1. The van der Waals surface area contributed by atoms with E-state index < -0.39 is 23.4 Å². The predicted octanol–water partition coefficient (Wildman–Crippen LogP) is 1.08. The van der Waals surface area contributed by atoms with E-state index in [1.807, 2.05) is 0 Å². The minimum Gasteiger partial charge on any atom is -0.467 e. The lowest BCUT2D eigenvalue weighted by Gasteiger charge is -2.14. The van der Waals surface area contributed by atoms with E-state index in [4.69, 9.17) is 4.42 Å². The maximum atomic E-state index is 13.0. The van der Waals surface area contributed by atoms with Gasteiger partial charge in [-0.05, 0) is 36.4 Å². The summed E-state index contributed by atoms with van der Waals surface area (Å²) < 4.78 is 20.0. The summed E-state index contributed by atoms with van der Waals surface area (Å²) in [5, 5.41) is 6.67. The van der Waals surface area contributed by atoms with Gasteiger partial charge in [0.1, 0.15) is 18.1 Å². The van der Waals surface area contributed by atoms with E-state index in [2.05, 4.69) is 10.4 Å². The summed E-state index contributed by atoms with van der Waals surface area (Å²) in [7, 11) is 0. The molecule has 1 aliphatic rings. The number of nitrogens with one attached hydrogen (secondary N) is 1. The molecule has 4 rings (SSSR count). The molecule has 0 saturated carbocycles. The van der Waals surface area contributed by atoms with Gasteiger partial charge in [-0.2, -0.15) is 9.67 Å². The van der Waals surface area contributed by atoms with Crippen LogP contribution in [0.15, 0.2) is 51.9 Å². The Balaban J connectivity index is 1.47. The summed E-state index contributed by atoms with van der Waals surface area (Å²) in [5.74, 6) is -0.0690. The van der Waals surface area contributed by atoms with Gasteiger partial charge >= 0.3 is 11.7 Å². The summed E-state index contributed by atoms with van der Waals surface area (Å²) in [6, 6.07) is 8.16. The molecule has 0 atom stereocenters. The van der Waals surface area contributed by atoms with Crippen LogP contribution < -0.4 is 15.9 Å². The summed E-state index contributed by atoms with van der Waals surface area (Å²) in [4.78, 5) is 38.2. The third-order valence-corrected chi connectivity index (χ3v) is 4.10. The van der Waals surface area contributed by atoms with Crippen molar-refractivity contribution in [3.63, 3.8) is 0 Å². The van der Waals surface area contributed by atoms with E-state index in [1.165, 1.54) is 35.4 Å². The fourth-order valence-corrected chi connectivity index (χ4v) is 2.79. The lowest BCUT2D eigenvalue weighted by atomic mass is 10.3. The Kier molecular flexibility index (Phi) is 4.07. The third kappa shape index (κ3) is 3.12. The summed E-state index contributed by atoms with van der Waals surface area (Å²) in [6.45, 7) is -0.0739. The molecule has 0 radical (unpaired) electrons. The molecule has 2 aromatic heterocycles. The van der Waals surface area contributed by atoms with E-state index in [1.54, 1.807) is 12.1 Å². The maximum Gasteiger partial charge on any atom is 0.354 e. The molecule has 0 unspecified atom stereocenters. The largest absolute Gasteiger partial charge is 0.467 e. The minimum absolute atomic E-state index is 0.0563. The van der Waals surface area contributed by atoms with Crippen LogP contribution in [0.4, 0.5) is 14.9 Å². The van der Waals surface area contributed by atoms with Crippen molar-refractivity contribution in [1.82, 2.24) is 19.7 Å². The van der Waals surface area contributed by atoms with Crippen molar-refractivity contribution in [3.8, 4) is 0 Å². The number of benzene rings is 1. The van der Waals surface area contributed by atoms with Crippen LogP contribution in [-0.2, 0) is 24.4 Å². The zero-order valence-electron chi connectivity index (χ0n) is 14.0. The number of anilines is 1. The second-order valence-electron chi connectivity index (χ2n) is 5.89. The Morgan fingerprint density at radius 2 is 2.00 bits per heavy atom. The second-order valence-corrected chi connectivity index (χ2v) is 5.89. The van der Waals surface area contributed by atoms with Crippen molar-refractivity contribution in [2.75, 3.05) is 4.90 Å². The van der Waals surface area contributed by atoms with Gasteiger partial charge in [0, 0.05) is 5.69 Å². The molecular weight excluding hydrogens is 357 g/mol. The van der Waals surface area contributed by atoms with Crippen molar-refractivity contribution in [2.45, 2.75) is 19.6 Å². The number of hydrogen-bond acceptors (Lipinski definition) is 5. The van der Waals surface area contributed by atoms with E-state index in [9.17, 15) is 18.8 Å². The zero-order chi connectivity index (χ0) is 19.0. The van der Waals surface area contributed by atoms with E-state index in [-0.39, 0.29) is 25.5 Å². The first-order valence-electron chi connectivity index (χ1n) is 8.08. The maximum absolute atomic E-state index is 13.0. The van der Waals surface area contributed by atoms with E-state index in [0.29, 0.717) is 11.4 Å². The van der Waals surface area contributed by atoms with Crippen molar-refractivity contribution in [1.29, 1.82) is 0 Å². The van der Waals surface area contributed by atoms with Crippen molar-refractivity contribution in [2.24, 2.45) is 0 Å². The number of fused-ring (bicyclic) bond motifs is 1. The smallest absolute Gasteiger partial charge is 0.354 e. The lowest BCUT2D eigenvalue weighted by Crippen LogP contribution is -2.37. The van der Waals surface area contributed by atoms with Crippen LogP contribution >= 0.6 is 0 Å². The quantitative estimate of drug-likeness (QED) is 0.723. The van der Waals surface area contributed by atoms with Gasteiger partial charge in [0.05, 0.1) is 19.4 Å². The van der Waals surface area contributed by atoms with Crippen LogP contribution in [-0.4, -0.2) is 26.3 Å². The topological polar surface area (TPSA) is 102 Å². The molecule has 0 bridgehead atoms. The van der Waals surface area contributed by atoms with Gasteiger partial charge in [-0.1, -0.05) is 0 Å². The molecule has 1 aromatic carbocycles. The van der Waals surface area contributed by atoms with Crippen LogP contribution in [0.2, 0.25) is 0 Å². The van der Waals surface area contributed by atoms with E-state index >= 15 is 0 Å². The van der Waals surface area contributed by atoms with Crippen LogP contribution in [0, 0.1) is 5.82 Å². The molecule has 0 saturated heterocycles. The average molecular weight is 371 g/mol. The third-order valence-electron chi connectivity index (χ3n) is 4.10. The summed E-state index contributed by atoms with van der Waals surface area (Å²) >= 11 is 0. The SMILES string of the molecule is O=C(Cn1nc2n(c1=O)C(=O)N(c1ccc(F)cc1)C2)NCc1ccco1. The predicted molar refractivity (Wildman–Crippen MR) is 90.4 cm³/mol. The van der Waals surface area contributed by atoms with Gasteiger partial charge in [-0.25, -0.2) is 18.7 Å².